The number of Topliss-reactive ketones (excluding diaryl/α,β-unsaturated/α-hetero) is 1. The number of ketones is 1. The van der Waals surface area contributed by atoms with Crippen LogP contribution in [-0.4, -0.2) is 36.2 Å². The van der Waals surface area contributed by atoms with Gasteiger partial charge in [-0.2, -0.15) is 0 Å². The van der Waals surface area contributed by atoms with E-state index in [4.69, 9.17) is 0 Å². The molecule has 0 spiro atoms. The van der Waals surface area contributed by atoms with Crippen molar-refractivity contribution in [2.45, 2.75) is 32.2 Å². The third-order valence-electron chi connectivity index (χ3n) is 4.70. The maximum Gasteiger partial charge on any atom is 0.223 e. The molecule has 1 amide bonds. The molecule has 3 rings (SSSR count). The molecular weight excluding hydrogens is 332 g/mol. The quantitative estimate of drug-likeness (QED) is 0.807. The number of carbonyl (C=O) groups is 2. The van der Waals surface area contributed by atoms with Crippen LogP contribution in [0.2, 0.25) is 0 Å². The highest BCUT2D eigenvalue weighted by atomic mass is 32.1. The summed E-state index contributed by atoms with van der Waals surface area (Å²) < 4.78 is 0. The van der Waals surface area contributed by atoms with Crippen LogP contribution in [0.25, 0.3) is 0 Å². The molecule has 0 aliphatic carbocycles. The van der Waals surface area contributed by atoms with E-state index < -0.39 is 0 Å². The van der Waals surface area contributed by atoms with E-state index in [0.717, 1.165) is 30.0 Å². The molecule has 1 aromatic carbocycles. The van der Waals surface area contributed by atoms with Gasteiger partial charge in [-0.25, -0.2) is 0 Å². The van der Waals surface area contributed by atoms with Crippen LogP contribution >= 0.6 is 11.3 Å². The van der Waals surface area contributed by atoms with Crippen LogP contribution in [0, 0.1) is 0 Å². The number of nitrogens with one attached hydrogen (secondary N) is 1. The van der Waals surface area contributed by atoms with E-state index in [1.54, 1.807) is 0 Å². The summed E-state index contributed by atoms with van der Waals surface area (Å²) in [5.74, 6) is 0.123. The Hall–Kier alpha value is -1.98. The third kappa shape index (κ3) is 4.35. The fourth-order valence-electron chi connectivity index (χ4n) is 3.20. The minimum Gasteiger partial charge on any atom is -0.333 e. The summed E-state index contributed by atoms with van der Waals surface area (Å²) in [6.07, 6.45) is 1.57. The lowest BCUT2D eigenvalue weighted by atomic mass is 10.00. The molecule has 1 unspecified atom stereocenters. The largest absolute Gasteiger partial charge is 0.333 e. The molecule has 0 bridgehead atoms. The van der Waals surface area contributed by atoms with Crippen molar-refractivity contribution in [1.29, 1.82) is 0 Å². The van der Waals surface area contributed by atoms with Gasteiger partial charge in [0.25, 0.3) is 0 Å². The Morgan fingerprint density at radius 3 is 2.68 bits per heavy atom. The monoisotopic (exact) mass is 356 g/mol. The van der Waals surface area contributed by atoms with Gasteiger partial charge in [0.15, 0.2) is 5.78 Å². The van der Waals surface area contributed by atoms with Crippen molar-refractivity contribution >= 4 is 23.0 Å². The molecule has 1 atom stereocenters. The number of thiophene rings is 1. The van der Waals surface area contributed by atoms with Gasteiger partial charge in [-0.05, 0) is 29.0 Å². The first-order chi connectivity index (χ1) is 12.2. The number of rotatable bonds is 6. The summed E-state index contributed by atoms with van der Waals surface area (Å²) in [4.78, 5) is 27.5. The fourth-order valence-corrected chi connectivity index (χ4v) is 3.89. The molecule has 1 fully saturated rings. The van der Waals surface area contributed by atoms with Gasteiger partial charge in [0.1, 0.15) is 0 Å². The van der Waals surface area contributed by atoms with Crippen LogP contribution in [0.4, 0.5) is 0 Å². The number of aryl methyl sites for hydroxylation is 1. The number of hydrogen-bond donors (Lipinski definition) is 1. The van der Waals surface area contributed by atoms with Gasteiger partial charge in [-0.3, -0.25) is 9.59 Å². The van der Waals surface area contributed by atoms with Crippen LogP contribution in [0.15, 0.2) is 41.8 Å². The van der Waals surface area contributed by atoms with Crippen LogP contribution in [0.3, 0.4) is 0 Å². The van der Waals surface area contributed by atoms with Crippen molar-refractivity contribution < 1.29 is 9.59 Å². The lowest BCUT2D eigenvalue weighted by Crippen LogP contribution is -2.48. The topological polar surface area (TPSA) is 49.4 Å². The Balaban J connectivity index is 1.65. The van der Waals surface area contributed by atoms with Gasteiger partial charge in [-0.1, -0.05) is 37.3 Å². The smallest absolute Gasteiger partial charge is 0.223 e. The predicted octanol–water partition coefficient (Wildman–Crippen LogP) is 3.45. The van der Waals surface area contributed by atoms with E-state index in [1.165, 1.54) is 16.9 Å². The minimum absolute atomic E-state index is 0.0454. The number of piperazine rings is 1. The molecule has 1 aliphatic rings. The first-order valence-corrected chi connectivity index (χ1v) is 9.72. The minimum atomic E-state index is 0.0454. The van der Waals surface area contributed by atoms with Crippen molar-refractivity contribution in [3.63, 3.8) is 0 Å². The van der Waals surface area contributed by atoms with E-state index in [-0.39, 0.29) is 30.6 Å². The standard InChI is InChI=1S/C20H24N2O2S/c1-2-15-5-7-16(8-6-15)17-14-21-11-12-22(17)20(24)10-9-18(23)19-4-3-13-25-19/h3-8,13,17,21H,2,9-12,14H2,1H3. The van der Waals surface area contributed by atoms with Crippen molar-refractivity contribution in [3.8, 4) is 0 Å². The zero-order valence-corrected chi connectivity index (χ0v) is 15.3. The molecule has 0 radical (unpaired) electrons. The zero-order chi connectivity index (χ0) is 17.6. The lowest BCUT2D eigenvalue weighted by Gasteiger charge is -2.36. The van der Waals surface area contributed by atoms with Crippen LogP contribution < -0.4 is 5.32 Å². The molecule has 0 saturated carbocycles. The number of carbonyl (C=O) groups excluding carboxylic acids is 2. The Labute approximate surface area is 152 Å². The molecule has 132 valence electrons. The van der Waals surface area contributed by atoms with E-state index in [1.807, 2.05) is 22.4 Å². The number of amides is 1. The van der Waals surface area contributed by atoms with Crippen molar-refractivity contribution in [3.05, 3.63) is 57.8 Å². The molecule has 2 aromatic rings. The van der Waals surface area contributed by atoms with Crippen molar-refractivity contribution in [1.82, 2.24) is 10.2 Å². The third-order valence-corrected chi connectivity index (χ3v) is 5.61. The normalized spacial score (nSPS) is 17.5. The van der Waals surface area contributed by atoms with Gasteiger partial charge in [-0.15, -0.1) is 11.3 Å². The Morgan fingerprint density at radius 2 is 2.00 bits per heavy atom. The number of benzene rings is 1. The second kappa shape index (κ2) is 8.41. The van der Waals surface area contributed by atoms with Crippen molar-refractivity contribution in [2.75, 3.05) is 19.6 Å². The molecule has 1 N–H and O–H groups in total. The van der Waals surface area contributed by atoms with Crippen LogP contribution in [0.5, 0.6) is 0 Å². The highest BCUT2D eigenvalue weighted by molar-refractivity contribution is 7.12. The van der Waals surface area contributed by atoms with E-state index in [0.29, 0.717) is 6.54 Å². The maximum atomic E-state index is 12.7. The Morgan fingerprint density at radius 1 is 1.20 bits per heavy atom. The zero-order valence-electron chi connectivity index (χ0n) is 14.5. The van der Waals surface area contributed by atoms with E-state index in [2.05, 4.69) is 36.5 Å². The molecule has 1 aromatic heterocycles. The summed E-state index contributed by atoms with van der Waals surface area (Å²) >= 11 is 1.43. The second-order valence-electron chi connectivity index (χ2n) is 6.30. The average Bonchev–Trinajstić information content (AvgIpc) is 3.21. The lowest BCUT2D eigenvalue weighted by molar-refractivity contribution is -0.134. The molecular formula is C20H24N2O2S. The van der Waals surface area contributed by atoms with Gasteiger partial charge in [0.05, 0.1) is 10.9 Å². The second-order valence-corrected chi connectivity index (χ2v) is 7.25. The summed E-state index contributed by atoms with van der Waals surface area (Å²) in [5.41, 5.74) is 2.45. The highest BCUT2D eigenvalue weighted by Crippen LogP contribution is 2.24. The Kier molecular flexibility index (Phi) is 6.00. The van der Waals surface area contributed by atoms with E-state index in [9.17, 15) is 9.59 Å². The summed E-state index contributed by atoms with van der Waals surface area (Å²) in [6, 6.07) is 12.2. The average molecular weight is 356 g/mol. The van der Waals surface area contributed by atoms with Crippen molar-refractivity contribution in [2.24, 2.45) is 0 Å². The number of hydrogen-bond acceptors (Lipinski definition) is 4. The maximum absolute atomic E-state index is 12.7. The summed E-state index contributed by atoms with van der Waals surface area (Å²) in [6.45, 7) is 4.38. The predicted molar refractivity (Wildman–Crippen MR) is 101 cm³/mol. The van der Waals surface area contributed by atoms with Gasteiger partial charge in [0.2, 0.25) is 5.91 Å². The van der Waals surface area contributed by atoms with Gasteiger partial charge < -0.3 is 10.2 Å². The Bertz CT molecular complexity index is 710. The number of nitrogens with zero attached hydrogens (tertiary/aromatic N) is 1. The molecule has 5 heteroatoms. The van der Waals surface area contributed by atoms with Gasteiger partial charge >= 0.3 is 0 Å². The molecule has 1 saturated heterocycles. The van der Waals surface area contributed by atoms with Crippen LogP contribution in [0.1, 0.15) is 46.6 Å². The first-order valence-electron chi connectivity index (χ1n) is 8.84. The van der Waals surface area contributed by atoms with E-state index >= 15 is 0 Å². The molecule has 2 heterocycles. The first kappa shape index (κ1) is 17.8. The SMILES string of the molecule is CCc1ccc(C2CNCCN2C(=O)CCC(=O)c2cccs2)cc1. The summed E-state index contributed by atoms with van der Waals surface area (Å²) in [5, 5.41) is 5.27. The molecule has 25 heavy (non-hydrogen) atoms. The summed E-state index contributed by atoms with van der Waals surface area (Å²) in [7, 11) is 0. The highest BCUT2D eigenvalue weighted by Gasteiger charge is 2.28. The fraction of sp³-hybridized carbons (Fsp3) is 0.400. The molecule has 4 nitrogen and oxygen atoms in total. The van der Waals surface area contributed by atoms with Gasteiger partial charge in [0, 0.05) is 32.5 Å². The molecule has 1 aliphatic heterocycles. The van der Waals surface area contributed by atoms with Crippen LogP contribution in [-0.2, 0) is 11.2 Å².